The molecular formula is C23H19Cl4N3OS. The highest BCUT2D eigenvalue weighted by Gasteiger charge is 2.36. The van der Waals surface area contributed by atoms with Gasteiger partial charge in [0.05, 0.1) is 5.92 Å². The van der Waals surface area contributed by atoms with Gasteiger partial charge >= 0.3 is 0 Å². The number of benzene rings is 3. The number of amides is 1. The van der Waals surface area contributed by atoms with Crippen LogP contribution >= 0.6 is 58.6 Å². The normalized spacial score (nSPS) is 12.2. The average molecular weight is 527 g/mol. The van der Waals surface area contributed by atoms with E-state index in [0.29, 0.717) is 10.7 Å². The Morgan fingerprint density at radius 2 is 1.28 bits per heavy atom. The molecule has 0 saturated heterocycles. The Kier molecular flexibility index (Phi) is 8.63. The van der Waals surface area contributed by atoms with Crippen molar-refractivity contribution in [2.75, 3.05) is 5.32 Å². The summed E-state index contributed by atoms with van der Waals surface area (Å²) in [6, 6.07) is 25.7. The monoisotopic (exact) mass is 525 g/mol. The summed E-state index contributed by atoms with van der Waals surface area (Å²) in [5.41, 5.74) is 2.30. The van der Waals surface area contributed by atoms with Crippen molar-refractivity contribution in [1.29, 1.82) is 0 Å². The molecule has 0 aliphatic carbocycles. The van der Waals surface area contributed by atoms with E-state index in [2.05, 4.69) is 16.0 Å². The van der Waals surface area contributed by atoms with Crippen LogP contribution in [0.5, 0.6) is 0 Å². The molecule has 166 valence electrons. The number of hydrogen-bond acceptors (Lipinski definition) is 2. The molecule has 3 N–H and O–H groups in total. The van der Waals surface area contributed by atoms with Gasteiger partial charge in [-0.15, -0.1) is 0 Å². The van der Waals surface area contributed by atoms with E-state index in [1.54, 1.807) is 24.3 Å². The van der Waals surface area contributed by atoms with Crippen molar-refractivity contribution in [3.8, 4) is 0 Å². The van der Waals surface area contributed by atoms with E-state index >= 15 is 0 Å². The summed E-state index contributed by atoms with van der Waals surface area (Å²) in [7, 11) is 0. The second-order valence-electron chi connectivity index (χ2n) is 6.84. The van der Waals surface area contributed by atoms with Gasteiger partial charge in [-0.3, -0.25) is 4.79 Å². The van der Waals surface area contributed by atoms with Gasteiger partial charge in [0.1, 0.15) is 6.17 Å². The van der Waals surface area contributed by atoms with Gasteiger partial charge in [-0.05, 0) is 47.6 Å². The molecular weight excluding hydrogens is 508 g/mol. The molecule has 9 heteroatoms. The van der Waals surface area contributed by atoms with Gasteiger partial charge < -0.3 is 16.0 Å². The van der Waals surface area contributed by atoms with Crippen LogP contribution in [0.25, 0.3) is 0 Å². The summed E-state index contributed by atoms with van der Waals surface area (Å²) >= 11 is 29.7. The maximum absolute atomic E-state index is 13.4. The molecule has 0 aromatic heterocycles. The largest absolute Gasteiger partial charge is 0.339 e. The number of halogens is 4. The van der Waals surface area contributed by atoms with Crippen molar-refractivity contribution >= 4 is 75.3 Å². The third-order valence-corrected chi connectivity index (χ3v) is 5.65. The minimum absolute atomic E-state index is 0.167. The van der Waals surface area contributed by atoms with Gasteiger partial charge in [0.2, 0.25) is 9.70 Å². The maximum atomic E-state index is 13.4. The Bertz CT molecular complexity index is 1000. The van der Waals surface area contributed by atoms with Gasteiger partial charge in [-0.1, -0.05) is 107 Å². The van der Waals surface area contributed by atoms with Crippen LogP contribution in [0.2, 0.25) is 5.02 Å². The molecule has 3 aromatic rings. The first-order valence-corrected chi connectivity index (χ1v) is 11.5. The van der Waals surface area contributed by atoms with Crippen LogP contribution in [0.4, 0.5) is 5.69 Å². The second-order valence-corrected chi connectivity index (χ2v) is 10.1. The highest BCUT2D eigenvalue weighted by atomic mass is 35.6. The van der Waals surface area contributed by atoms with Crippen molar-refractivity contribution in [2.45, 2.75) is 15.9 Å². The minimum atomic E-state index is -1.88. The summed E-state index contributed by atoms with van der Waals surface area (Å²) in [5.74, 6) is -0.952. The third-order valence-electron chi connectivity index (χ3n) is 4.52. The predicted octanol–water partition coefficient (Wildman–Crippen LogP) is 6.27. The number of anilines is 1. The van der Waals surface area contributed by atoms with Gasteiger partial charge in [0.25, 0.3) is 0 Å². The molecule has 1 atom stereocenters. The van der Waals surface area contributed by atoms with E-state index in [0.717, 1.165) is 11.1 Å². The van der Waals surface area contributed by atoms with E-state index in [4.69, 9.17) is 58.6 Å². The molecule has 1 amide bonds. The highest BCUT2D eigenvalue weighted by Crippen LogP contribution is 2.31. The van der Waals surface area contributed by atoms with E-state index < -0.39 is 15.9 Å². The maximum Gasteiger partial charge on any atom is 0.233 e. The molecule has 0 heterocycles. The number of carbonyl (C=O) groups excluding carboxylic acids is 1. The fourth-order valence-corrected chi connectivity index (χ4v) is 3.73. The van der Waals surface area contributed by atoms with Crippen LogP contribution in [-0.2, 0) is 4.79 Å². The lowest BCUT2D eigenvalue weighted by Crippen LogP contribution is -2.57. The molecule has 1 unspecified atom stereocenters. The van der Waals surface area contributed by atoms with Crippen molar-refractivity contribution in [2.24, 2.45) is 0 Å². The van der Waals surface area contributed by atoms with Crippen LogP contribution in [-0.4, -0.2) is 21.0 Å². The number of carbonyl (C=O) groups is 1. The molecule has 0 bridgehead atoms. The van der Waals surface area contributed by atoms with Crippen molar-refractivity contribution in [1.82, 2.24) is 10.6 Å². The molecule has 0 saturated carbocycles. The predicted molar refractivity (Wildman–Crippen MR) is 138 cm³/mol. The molecule has 0 radical (unpaired) electrons. The molecule has 3 aromatic carbocycles. The number of rotatable bonds is 6. The Morgan fingerprint density at radius 1 is 0.781 bits per heavy atom. The lowest BCUT2D eigenvalue weighted by molar-refractivity contribution is -0.122. The summed E-state index contributed by atoms with van der Waals surface area (Å²) in [5, 5.41) is 9.38. The van der Waals surface area contributed by atoms with Gasteiger partial charge in [-0.2, -0.15) is 0 Å². The zero-order chi connectivity index (χ0) is 23.1. The summed E-state index contributed by atoms with van der Waals surface area (Å²) in [4.78, 5) is 13.4. The topological polar surface area (TPSA) is 53.2 Å². The molecule has 0 aliphatic heterocycles. The zero-order valence-electron chi connectivity index (χ0n) is 16.6. The van der Waals surface area contributed by atoms with E-state index in [9.17, 15) is 4.79 Å². The van der Waals surface area contributed by atoms with Crippen LogP contribution < -0.4 is 16.0 Å². The Labute approximate surface area is 212 Å². The van der Waals surface area contributed by atoms with Crippen LogP contribution in [0.1, 0.15) is 17.0 Å². The van der Waals surface area contributed by atoms with Gasteiger partial charge in [0, 0.05) is 10.7 Å². The molecule has 0 spiro atoms. The van der Waals surface area contributed by atoms with Crippen molar-refractivity contribution < 1.29 is 4.79 Å². The van der Waals surface area contributed by atoms with Gasteiger partial charge in [0.15, 0.2) is 5.11 Å². The first-order valence-electron chi connectivity index (χ1n) is 9.54. The van der Waals surface area contributed by atoms with E-state index in [1.165, 1.54) is 0 Å². The SMILES string of the molecule is O=C(NC(NC(=S)Nc1ccc(Cl)cc1)C(Cl)(Cl)Cl)C(c1ccccc1)c1ccccc1. The fraction of sp³-hybridized carbons (Fsp3) is 0.130. The Hall–Kier alpha value is -2.02. The molecule has 3 rings (SSSR count). The number of hydrogen-bond donors (Lipinski definition) is 3. The lowest BCUT2D eigenvalue weighted by Gasteiger charge is -2.29. The average Bonchev–Trinajstić information content (AvgIpc) is 2.76. The minimum Gasteiger partial charge on any atom is -0.339 e. The van der Waals surface area contributed by atoms with Crippen molar-refractivity contribution in [3.63, 3.8) is 0 Å². The van der Waals surface area contributed by atoms with Crippen molar-refractivity contribution in [3.05, 3.63) is 101 Å². The highest BCUT2D eigenvalue weighted by molar-refractivity contribution is 7.80. The van der Waals surface area contributed by atoms with Crippen LogP contribution in [0.3, 0.4) is 0 Å². The Morgan fingerprint density at radius 3 is 1.75 bits per heavy atom. The summed E-state index contributed by atoms with van der Waals surface area (Å²) < 4.78 is -1.88. The van der Waals surface area contributed by atoms with E-state index in [-0.39, 0.29) is 11.0 Å². The second kappa shape index (κ2) is 11.2. The number of thiocarbonyl (C=S) groups is 1. The smallest absolute Gasteiger partial charge is 0.233 e. The lowest BCUT2D eigenvalue weighted by atomic mass is 9.90. The molecule has 0 aliphatic rings. The zero-order valence-corrected chi connectivity index (χ0v) is 20.4. The summed E-state index contributed by atoms with van der Waals surface area (Å²) in [6.45, 7) is 0. The molecule has 4 nitrogen and oxygen atoms in total. The quantitative estimate of drug-likeness (QED) is 0.201. The van der Waals surface area contributed by atoms with Gasteiger partial charge in [-0.25, -0.2) is 0 Å². The van der Waals surface area contributed by atoms with Crippen LogP contribution in [0.15, 0.2) is 84.9 Å². The first kappa shape index (κ1) is 24.6. The Balaban J connectivity index is 1.79. The fourth-order valence-electron chi connectivity index (χ4n) is 3.04. The standard InChI is InChI=1S/C23H19Cl4N3OS/c24-17-11-13-18(14-12-17)28-22(32)30-21(23(25,26)27)29-20(31)19(15-7-3-1-4-8-15)16-9-5-2-6-10-16/h1-14,19,21H,(H,29,31)(H2,28,30,32). The first-order chi connectivity index (χ1) is 15.2. The number of alkyl halides is 3. The molecule has 32 heavy (non-hydrogen) atoms. The number of nitrogens with one attached hydrogen (secondary N) is 3. The molecule has 0 fully saturated rings. The third kappa shape index (κ3) is 6.99. The summed E-state index contributed by atoms with van der Waals surface area (Å²) in [6.07, 6.45) is -1.10. The van der Waals surface area contributed by atoms with Crippen LogP contribution in [0, 0.1) is 0 Å². The van der Waals surface area contributed by atoms with E-state index in [1.807, 2.05) is 60.7 Å².